The van der Waals surface area contributed by atoms with Crippen LogP contribution in [0.15, 0.2) is 67.3 Å². The molecule has 1 atom stereocenters. The maximum Gasteiger partial charge on any atom is 0.0903 e. The van der Waals surface area contributed by atoms with Crippen molar-refractivity contribution >= 4 is 6.08 Å². The molecule has 0 aliphatic heterocycles. The van der Waals surface area contributed by atoms with Crippen LogP contribution in [0.25, 0.3) is 17.2 Å². The van der Waals surface area contributed by atoms with E-state index >= 15 is 0 Å². The minimum Gasteiger partial charge on any atom is -0.385 e. The third kappa shape index (κ3) is 3.67. The number of aliphatic hydroxyl groups excluding tert-OH is 1. The van der Waals surface area contributed by atoms with E-state index in [1.165, 1.54) is 22.8 Å². The molecular weight excluding hydrogens is 232 g/mol. The second-order valence-electron chi connectivity index (χ2n) is 4.57. The average Bonchev–Trinajstić information content (AvgIpc) is 2.46. The van der Waals surface area contributed by atoms with Gasteiger partial charge in [-0.3, -0.25) is 0 Å². The Hall–Kier alpha value is -2.12. The summed E-state index contributed by atoms with van der Waals surface area (Å²) in [5, 5.41) is 9.37. The molecule has 0 amide bonds. The number of aryl methyl sites for hydroxylation is 1. The van der Waals surface area contributed by atoms with E-state index in [9.17, 15) is 5.11 Å². The molecule has 0 saturated carbocycles. The highest BCUT2D eigenvalue weighted by molar-refractivity contribution is 5.66. The van der Waals surface area contributed by atoms with Gasteiger partial charge in [-0.15, -0.1) is 6.58 Å². The Morgan fingerprint density at radius 2 is 1.47 bits per heavy atom. The Morgan fingerprint density at radius 1 is 0.947 bits per heavy atom. The molecule has 0 aliphatic carbocycles. The van der Waals surface area contributed by atoms with Crippen LogP contribution in [0.1, 0.15) is 11.1 Å². The molecule has 2 rings (SSSR count). The Morgan fingerprint density at radius 3 is 2.00 bits per heavy atom. The zero-order valence-electron chi connectivity index (χ0n) is 11.1. The van der Waals surface area contributed by atoms with Crippen molar-refractivity contribution in [3.8, 4) is 11.1 Å². The molecule has 0 radical (unpaired) electrons. The predicted molar refractivity (Wildman–Crippen MR) is 81.9 cm³/mol. The largest absolute Gasteiger partial charge is 0.385 e. The van der Waals surface area contributed by atoms with Crippen LogP contribution in [0.5, 0.6) is 0 Å². The van der Waals surface area contributed by atoms with Crippen molar-refractivity contribution < 1.29 is 5.11 Å². The first-order valence-corrected chi connectivity index (χ1v) is 6.35. The zero-order valence-corrected chi connectivity index (χ0v) is 11.1. The van der Waals surface area contributed by atoms with Crippen molar-refractivity contribution in [2.24, 2.45) is 0 Å². The van der Waals surface area contributed by atoms with Crippen molar-refractivity contribution in [1.82, 2.24) is 0 Å². The first-order valence-electron chi connectivity index (χ1n) is 6.35. The van der Waals surface area contributed by atoms with Gasteiger partial charge in [0.2, 0.25) is 0 Å². The van der Waals surface area contributed by atoms with Crippen LogP contribution in [0.3, 0.4) is 0 Å². The molecule has 0 saturated heterocycles. The monoisotopic (exact) mass is 250 g/mol. The van der Waals surface area contributed by atoms with Gasteiger partial charge in [0.15, 0.2) is 0 Å². The highest BCUT2D eigenvalue weighted by atomic mass is 16.3. The number of hydrogen-bond donors (Lipinski definition) is 1. The molecular formula is C18H18O. The van der Waals surface area contributed by atoms with E-state index in [1.54, 1.807) is 6.08 Å². The third-order valence-electron chi connectivity index (χ3n) is 3.02. The first kappa shape index (κ1) is 13.3. The van der Waals surface area contributed by atoms with E-state index in [0.29, 0.717) is 0 Å². The normalized spacial score (nSPS) is 12.5. The minimum atomic E-state index is -0.586. The van der Waals surface area contributed by atoms with Gasteiger partial charge in [-0.05, 0) is 23.6 Å². The third-order valence-corrected chi connectivity index (χ3v) is 3.02. The lowest BCUT2D eigenvalue weighted by Crippen LogP contribution is -1.93. The van der Waals surface area contributed by atoms with Gasteiger partial charge in [0.25, 0.3) is 0 Å². The molecule has 0 aromatic heterocycles. The smallest absolute Gasteiger partial charge is 0.0903 e. The van der Waals surface area contributed by atoms with Gasteiger partial charge in [0.05, 0.1) is 6.10 Å². The summed E-state index contributed by atoms with van der Waals surface area (Å²) in [6.07, 6.45) is 4.52. The van der Waals surface area contributed by atoms with Gasteiger partial charge in [-0.25, -0.2) is 0 Å². The Kier molecular flexibility index (Phi) is 4.32. The maximum atomic E-state index is 9.37. The molecule has 0 aliphatic rings. The van der Waals surface area contributed by atoms with E-state index in [1.807, 2.05) is 18.2 Å². The fourth-order valence-electron chi connectivity index (χ4n) is 1.82. The van der Waals surface area contributed by atoms with E-state index in [0.717, 1.165) is 5.56 Å². The van der Waals surface area contributed by atoms with Gasteiger partial charge in [0.1, 0.15) is 0 Å². The van der Waals surface area contributed by atoms with Gasteiger partial charge >= 0.3 is 0 Å². The van der Waals surface area contributed by atoms with Crippen LogP contribution < -0.4 is 0 Å². The van der Waals surface area contributed by atoms with E-state index in [4.69, 9.17) is 0 Å². The lowest BCUT2D eigenvalue weighted by molar-refractivity contribution is 0.273. The fourth-order valence-corrected chi connectivity index (χ4v) is 1.82. The lowest BCUT2D eigenvalue weighted by Gasteiger charge is -2.03. The maximum absolute atomic E-state index is 9.37. The molecule has 1 nitrogen and oxygen atoms in total. The van der Waals surface area contributed by atoms with Gasteiger partial charge in [-0.1, -0.05) is 72.3 Å². The Bertz CT molecular complexity index is 562. The first-order chi connectivity index (χ1) is 9.19. The van der Waals surface area contributed by atoms with Crippen LogP contribution >= 0.6 is 0 Å². The van der Waals surface area contributed by atoms with Gasteiger partial charge < -0.3 is 5.11 Å². The topological polar surface area (TPSA) is 20.2 Å². The molecule has 96 valence electrons. The summed E-state index contributed by atoms with van der Waals surface area (Å²) in [5.74, 6) is 0. The summed E-state index contributed by atoms with van der Waals surface area (Å²) in [4.78, 5) is 0. The second kappa shape index (κ2) is 6.17. The van der Waals surface area contributed by atoms with E-state index in [2.05, 4.69) is 49.9 Å². The molecule has 0 heterocycles. The SMILES string of the molecule is C=CC(O)/C=C/c1ccc(-c2ccc(C)cc2)cc1. The van der Waals surface area contributed by atoms with Gasteiger partial charge in [-0.2, -0.15) is 0 Å². The quantitative estimate of drug-likeness (QED) is 0.805. The molecule has 2 aromatic carbocycles. The summed E-state index contributed by atoms with van der Waals surface area (Å²) in [6.45, 7) is 5.62. The summed E-state index contributed by atoms with van der Waals surface area (Å²) >= 11 is 0. The number of aliphatic hydroxyl groups is 1. The number of rotatable bonds is 4. The lowest BCUT2D eigenvalue weighted by atomic mass is 10.0. The van der Waals surface area contributed by atoms with Crippen molar-refractivity contribution in [3.63, 3.8) is 0 Å². The molecule has 0 fully saturated rings. The summed E-state index contributed by atoms with van der Waals surface area (Å²) in [6, 6.07) is 16.7. The standard InChI is InChI=1S/C18H18O/c1-3-18(19)13-8-15-6-11-17(12-7-15)16-9-4-14(2)5-10-16/h3-13,18-19H,1H2,2H3/b13-8+. The minimum absolute atomic E-state index is 0.586. The van der Waals surface area contributed by atoms with Crippen molar-refractivity contribution in [1.29, 1.82) is 0 Å². The average molecular weight is 250 g/mol. The highest BCUT2D eigenvalue weighted by Crippen LogP contribution is 2.20. The fraction of sp³-hybridized carbons (Fsp3) is 0.111. The van der Waals surface area contributed by atoms with Crippen LogP contribution in [-0.4, -0.2) is 11.2 Å². The zero-order chi connectivity index (χ0) is 13.7. The Balaban J connectivity index is 2.16. The molecule has 1 unspecified atom stereocenters. The predicted octanol–water partition coefficient (Wildman–Crippen LogP) is 4.22. The summed E-state index contributed by atoms with van der Waals surface area (Å²) < 4.78 is 0. The van der Waals surface area contributed by atoms with Crippen LogP contribution in [-0.2, 0) is 0 Å². The second-order valence-corrected chi connectivity index (χ2v) is 4.57. The summed E-state index contributed by atoms with van der Waals surface area (Å²) in [5.41, 5.74) is 4.74. The van der Waals surface area contributed by atoms with Crippen molar-refractivity contribution in [3.05, 3.63) is 78.4 Å². The van der Waals surface area contributed by atoms with Crippen LogP contribution in [0.2, 0.25) is 0 Å². The molecule has 0 bridgehead atoms. The highest BCUT2D eigenvalue weighted by Gasteiger charge is 1.97. The van der Waals surface area contributed by atoms with Crippen molar-refractivity contribution in [2.75, 3.05) is 0 Å². The number of hydrogen-bond acceptors (Lipinski definition) is 1. The molecule has 1 N–H and O–H groups in total. The Labute approximate surface area is 114 Å². The van der Waals surface area contributed by atoms with Crippen molar-refractivity contribution in [2.45, 2.75) is 13.0 Å². The van der Waals surface area contributed by atoms with Crippen LogP contribution in [0.4, 0.5) is 0 Å². The van der Waals surface area contributed by atoms with E-state index in [-0.39, 0.29) is 0 Å². The summed E-state index contributed by atoms with van der Waals surface area (Å²) in [7, 11) is 0. The van der Waals surface area contributed by atoms with E-state index < -0.39 is 6.10 Å². The molecule has 1 heteroatoms. The van der Waals surface area contributed by atoms with Gasteiger partial charge in [0, 0.05) is 0 Å². The molecule has 2 aromatic rings. The molecule has 0 spiro atoms. The molecule has 19 heavy (non-hydrogen) atoms. The number of benzene rings is 2. The van der Waals surface area contributed by atoms with Crippen LogP contribution in [0, 0.1) is 6.92 Å².